The van der Waals surface area contributed by atoms with Crippen LogP contribution in [0.1, 0.15) is 251 Å². The molecule has 1 fully saturated rings. The lowest BCUT2D eigenvalue weighted by Gasteiger charge is -2.39. The Morgan fingerprint density at radius 2 is 0.910 bits per heavy atom. The van der Waals surface area contributed by atoms with Gasteiger partial charge >= 0.3 is 5.97 Å². The summed E-state index contributed by atoms with van der Waals surface area (Å²) in [5, 5.41) is 40.3. The summed E-state index contributed by atoms with van der Waals surface area (Å²) >= 11 is 0. The molecule has 9 heteroatoms. The van der Waals surface area contributed by atoms with Crippen LogP contribution in [0, 0.1) is 0 Å². The number of unbranched alkanes of at least 4 members (excludes halogenated alkanes) is 30. The first-order valence-corrected chi connectivity index (χ1v) is 28.2. The molecule has 392 valence electrons. The first kappa shape index (κ1) is 63.2. The van der Waals surface area contributed by atoms with Gasteiger partial charge in [0, 0.05) is 13.0 Å². The minimum Gasteiger partial charge on any atom is -0.457 e. The predicted molar refractivity (Wildman–Crippen MR) is 279 cm³/mol. The van der Waals surface area contributed by atoms with E-state index in [0.717, 1.165) is 57.8 Å². The smallest absolute Gasteiger partial charge is 0.306 e. The highest BCUT2D eigenvalue weighted by Gasteiger charge is 2.44. The third kappa shape index (κ3) is 39.6. The zero-order valence-corrected chi connectivity index (χ0v) is 43.4. The van der Waals surface area contributed by atoms with Gasteiger partial charge in [0.15, 0.2) is 6.29 Å². The van der Waals surface area contributed by atoms with E-state index >= 15 is 0 Å². The van der Waals surface area contributed by atoms with Gasteiger partial charge in [-0.05, 0) is 51.4 Å². The Labute approximate surface area is 412 Å². The van der Waals surface area contributed by atoms with Gasteiger partial charge in [0.05, 0.1) is 19.8 Å². The number of hydrogen-bond donors (Lipinski definition) is 4. The van der Waals surface area contributed by atoms with Gasteiger partial charge in [-0.15, -0.1) is 0 Å². The fourth-order valence-corrected chi connectivity index (χ4v) is 8.66. The maximum atomic E-state index is 12.9. The van der Waals surface area contributed by atoms with E-state index in [1.165, 1.54) is 173 Å². The second-order valence-electron chi connectivity index (χ2n) is 19.4. The minimum absolute atomic E-state index is 0.111. The van der Waals surface area contributed by atoms with Crippen LogP contribution >= 0.6 is 0 Å². The van der Waals surface area contributed by atoms with Gasteiger partial charge in [-0.3, -0.25) is 4.79 Å². The summed E-state index contributed by atoms with van der Waals surface area (Å²) in [5.74, 6) is -0.309. The molecule has 4 N–H and O–H groups in total. The number of aliphatic hydroxyl groups excluding tert-OH is 4. The van der Waals surface area contributed by atoms with E-state index in [9.17, 15) is 25.2 Å². The Morgan fingerprint density at radius 1 is 0.493 bits per heavy atom. The van der Waals surface area contributed by atoms with E-state index in [0.29, 0.717) is 13.0 Å². The summed E-state index contributed by atoms with van der Waals surface area (Å²) < 4.78 is 23.0. The SMILES string of the molecule is CC/C=C\C/C=C\C/C=C\C/C=C\CCCCCCCCCCCCCCCOCC(COC1OC(CO)C(O)C(O)C1O)OC(=O)CCCCCCCCCCCCCCCCCCCC. The molecule has 6 atom stereocenters. The maximum absolute atomic E-state index is 12.9. The fraction of sp³-hybridized carbons (Fsp3) is 0.845. The summed E-state index contributed by atoms with van der Waals surface area (Å²) in [6, 6.07) is 0. The van der Waals surface area contributed by atoms with Gasteiger partial charge < -0.3 is 39.4 Å². The molecule has 0 aromatic carbocycles. The normalized spacial score (nSPS) is 19.5. The molecule has 1 rings (SSSR count). The number of carbonyl (C=O) groups excluding carboxylic acids is 1. The van der Waals surface area contributed by atoms with Gasteiger partial charge in [-0.25, -0.2) is 0 Å². The third-order valence-corrected chi connectivity index (χ3v) is 13.0. The lowest BCUT2D eigenvalue weighted by molar-refractivity contribution is -0.305. The lowest BCUT2D eigenvalue weighted by atomic mass is 9.99. The minimum atomic E-state index is -1.54. The molecule has 6 unspecified atom stereocenters. The van der Waals surface area contributed by atoms with Gasteiger partial charge in [0.25, 0.3) is 0 Å². The molecule has 0 spiro atoms. The molecule has 0 amide bonds. The molecule has 1 aliphatic rings. The quantitative estimate of drug-likeness (QED) is 0.0267. The van der Waals surface area contributed by atoms with Crippen LogP contribution in [0.15, 0.2) is 48.6 Å². The topological polar surface area (TPSA) is 135 Å². The summed E-state index contributed by atoms with van der Waals surface area (Å²) in [6.07, 6.45) is 55.8. The molecule has 67 heavy (non-hydrogen) atoms. The van der Waals surface area contributed by atoms with Crippen molar-refractivity contribution in [3.05, 3.63) is 48.6 Å². The Hall–Kier alpha value is -1.85. The first-order chi connectivity index (χ1) is 32.9. The Balaban J connectivity index is 2.14. The summed E-state index contributed by atoms with van der Waals surface area (Å²) in [4.78, 5) is 12.9. The summed E-state index contributed by atoms with van der Waals surface area (Å²) in [6.45, 7) is 4.49. The lowest BCUT2D eigenvalue weighted by Crippen LogP contribution is -2.59. The zero-order chi connectivity index (χ0) is 48.5. The number of rotatable bonds is 49. The zero-order valence-electron chi connectivity index (χ0n) is 43.4. The predicted octanol–water partition coefficient (Wildman–Crippen LogP) is 14.4. The first-order valence-electron chi connectivity index (χ1n) is 28.2. The van der Waals surface area contributed by atoms with Gasteiger partial charge in [-0.1, -0.05) is 242 Å². The van der Waals surface area contributed by atoms with Crippen LogP contribution in [0.4, 0.5) is 0 Å². The summed E-state index contributed by atoms with van der Waals surface area (Å²) in [7, 11) is 0. The van der Waals surface area contributed by atoms with E-state index in [-0.39, 0.29) is 19.2 Å². The van der Waals surface area contributed by atoms with Crippen molar-refractivity contribution in [2.45, 2.75) is 288 Å². The second kappa shape index (κ2) is 49.1. The monoisotopic (exact) mass is 947 g/mol. The third-order valence-electron chi connectivity index (χ3n) is 13.0. The van der Waals surface area contributed by atoms with Crippen LogP contribution in [0.5, 0.6) is 0 Å². The average molecular weight is 947 g/mol. The number of esters is 1. The molecule has 0 aromatic heterocycles. The molecule has 1 heterocycles. The maximum Gasteiger partial charge on any atom is 0.306 e. The van der Waals surface area contributed by atoms with Crippen LogP contribution in [0.3, 0.4) is 0 Å². The van der Waals surface area contributed by atoms with Crippen LogP contribution in [0.25, 0.3) is 0 Å². The van der Waals surface area contributed by atoms with E-state index in [2.05, 4.69) is 62.5 Å². The van der Waals surface area contributed by atoms with Crippen molar-refractivity contribution in [1.29, 1.82) is 0 Å². The number of ether oxygens (including phenoxy) is 4. The highest BCUT2D eigenvalue weighted by atomic mass is 16.7. The van der Waals surface area contributed by atoms with Crippen molar-refractivity contribution < 1.29 is 44.2 Å². The second-order valence-corrected chi connectivity index (χ2v) is 19.4. The van der Waals surface area contributed by atoms with Gasteiger partial charge in [-0.2, -0.15) is 0 Å². The standard InChI is InChI=1S/C58H106O9/c1-3-5-7-9-11-13-15-17-19-21-23-24-25-26-27-28-29-30-32-34-36-38-40-42-44-46-48-64-50-52(51-65-58-57(63)56(62)55(61)53(49-59)67-58)66-54(60)47-45-43-41-39-37-35-33-31-22-20-18-16-14-12-10-8-6-4-2/h5,7,11,13,17,19,23-24,52-53,55-59,61-63H,3-4,6,8-10,12,14-16,18,20-22,25-51H2,1-2H3/b7-5-,13-11-,19-17-,24-23-. The van der Waals surface area contributed by atoms with Crippen molar-refractivity contribution in [2.75, 3.05) is 26.4 Å². The van der Waals surface area contributed by atoms with Crippen molar-refractivity contribution in [1.82, 2.24) is 0 Å². The number of aliphatic hydroxyl groups is 4. The van der Waals surface area contributed by atoms with Crippen LogP contribution in [-0.2, 0) is 23.7 Å². The molecule has 1 aliphatic heterocycles. The highest BCUT2D eigenvalue weighted by molar-refractivity contribution is 5.69. The Kier molecular flexibility index (Phi) is 46.3. The molecular formula is C58H106O9. The van der Waals surface area contributed by atoms with Crippen molar-refractivity contribution >= 4 is 5.97 Å². The van der Waals surface area contributed by atoms with E-state index in [4.69, 9.17) is 18.9 Å². The van der Waals surface area contributed by atoms with Crippen LogP contribution < -0.4 is 0 Å². The number of hydrogen-bond acceptors (Lipinski definition) is 9. The molecule has 1 saturated heterocycles. The molecule has 0 bridgehead atoms. The molecule has 0 aromatic rings. The van der Waals surface area contributed by atoms with Crippen LogP contribution in [0.2, 0.25) is 0 Å². The number of carbonyl (C=O) groups is 1. The fourth-order valence-electron chi connectivity index (χ4n) is 8.66. The van der Waals surface area contributed by atoms with Crippen molar-refractivity contribution in [2.24, 2.45) is 0 Å². The van der Waals surface area contributed by atoms with E-state index < -0.39 is 43.4 Å². The van der Waals surface area contributed by atoms with Crippen molar-refractivity contribution in [3.63, 3.8) is 0 Å². The molecule has 0 radical (unpaired) electrons. The largest absolute Gasteiger partial charge is 0.457 e. The Bertz CT molecular complexity index is 1170. The molecule has 0 aliphatic carbocycles. The highest BCUT2D eigenvalue weighted by Crippen LogP contribution is 2.23. The molecule has 0 saturated carbocycles. The van der Waals surface area contributed by atoms with E-state index in [1.807, 2.05) is 0 Å². The van der Waals surface area contributed by atoms with Crippen molar-refractivity contribution in [3.8, 4) is 0 Å². The van der Waals surface area contributed by atoms with Gasteiger partial charge in [0.1, 0.15) is 30.5 Å². The van der Waals surface area contributed by atoms with Gasteiger partial charge in [0.2, 0.25) is 0 Å². The average Bonchev–Trinajstić information content (AvgIpc) is 3.33. The molecule has 9 nitrogen and oxygen atoms in total. The number of allylic oxidation sites excluding steroid dienone is 8. The van der Waals surface area contributed by atoms with Crippen LogP contribution in [-0.4, -0.2) is 89.6 Å². The Morgan fingerprint density at radius 3 is 1.37 bits per heavy atom. The van der Waals surface area contributed by atoms with E-state index in [1.54, 1.807) is 0 Å². The summed E-state index contributed by atoms with van der Waals surface area (Å²) in [5.41, 5.74) is 0. The molecular weight excluding hydrogens is 841 g/mol.